The predicted molar refractivity (Wildman–Crippen MR) is 31.4 cm³/mol. The van der Waals surface area contributed by atoms with Crippen molar-refractivity contribution < 1.29 is 25.8 Å². The van der Waals surface area contributed by atoms with Gasteiger partial charge in [-0.25, -0.2) is 0 Å². The summed E-state index contributed by atoms with van der Waals surface area (Å²) < 4.78 is 5.17. The van der Waals surface area contributed by atoms with Gasteiger partial charge in [0.2, 0.25) is 0 Å². The van der Waals surface area contributed by atoms with E-state index in [4.69, 9.17) is 16.2 Å². The van der Waals surface area contributed by atoms with Crippen LogP contribution in [-0.4, -0.2) is 25.3 Å². The molecule has 0 radical (unpaired) electrons. The monoisotopic (exact) mass is 311 g/mol. The van der Waals surface area contributed by atoms with Crippen LogP contribution in [0.3, 0.4) is 0 Å². The fraction of sp³-hybridized carbons (Fsp3) is 1.00. The summed E-state index contributed by atoms with van der Waals surface area (Å²) in [6.45, 7) is 1.95. The van der Waals surface area contributed by atoms with Crippen molar-refractivity contribution in [2.24, 2.45) is 11.5 Å². The maximum Gasteiger partial charge on any atom is 0.0947 e. The molecule has 0 aliphatic carbocycles. The normalized spacial score (nSPS) is 22.0. The molecule has 0 saturated carbocycles. The first-order chi connectivity index (χ1) is 3.83. The molecular formula is C5H12N2OPt. The fourth-order valence-corrected chi connectivity index (χ4v) is 0.796. The Balaban J connectivity index is 0.000000640. The minimum absolute atomic E-state index is 0. The Bertz CT molecular complexity index is 71.5. The van der Waals surface area contributed by atoms with E-state index in [-0.39, 0.29) is 26.7 Å². The van der Waals surface area contributed by atoms with Crippen LogP contribution in [-0.2, 0) is 25.8 Å². The molecule has 0 spiro atoms. The Hall–Kier alpha value is 0.568. The molecule has 1 heterocycles. The zero-order valence-corrected chi connectivity index (χ0v) is 7.48. The molecule has 4 N–H and O–H groups in total. The molecular weight excluding hydrogens is 299 g/mol. The van der Waals surface area contributed by atoms with E-state index in [1.165, 1.54) is 0 Å². The zero-order chi connectivity index (χ0) is 6.04. The van der Waals surface area contributed by atoms with E-state index in [0.29, 0.717) is 13.1 Å². The predicted octanol–water partition coefficient (Wildman–Crippen LogP) is -0.940. The van der Waals surface area contributed by atoms with Gasteiger partial charge in [-0.3, -0.25) is 0 Å². The topological polar surface area (TPSA) is 61.3 Å². The van der Waals surface area contributed by atoms with Gasteiger partial charge in [0, 0.05) is 40.6 Å². The number of hydrogen-bond acceptors (Lipinski definition) is 3. The van der Waals surface area contributed by atoms with E-state index < -0.39 is 0 Å². The number of nitrogens with two attached hydrogens (primary N) is 2. The van der Waals surface area contributed by atoms with Gasteiger partial charge >= 0.3 is 0 Å². The van der Waals surface area contributed by atoms with E-state index >= 15 is 0 Å². The largest absolute Gasteiger partial charge is 0.372 e. The summed E-state index contributed by atoms with van der Waals surface area (Å²) in [5, 5.41) is 0. The van der Waals surface area contributed by atoms with Gasteiger partial charge in [0.05, 0.1) is 12.2 Å². The van der Waals surface area contributed by atoms with E-state index in [1.54, 1.807) is 0 Å². The van der Waals surface area contributed by atoms with Gasteiger partial charge < -0.3 is 16.2 Å². The SMILES string of the molecule is NCC1(CN)CCO1.[Pt]. The average molecular weight is 311 g/mol. The van der Waals surface area contributed by atoms with Crippen molar-refractivity contribution in [1.82, 2.24) is 0 Å². The van der Waals surface area contributed by atoms with E-state index in [9.17, 15) is 0 Å². The van der Waals surface area contributed by atoms with Crippen molar-refractivity contribution in [2.75, 3.05) is 19.7 Å². The number of ether oxygens (including phenoxy) is 1. The molecule has 9 heavy (non-hydrogen) atoms. The van der Waals surface area contributed by atoms with Crippen LogP contribution < -0.4 is 11.5 Å². The van der Waals surface area contributed by atoms with Crippen LogP contribution in [0.15, 0.2) is 0 Å². The third-order valence-corrected chi connectivity index (χ3v) is 1.71. The minimum Gasteiger partial charge on any atom is -0.372 e. The van der Waals surface area contributed by atoms with Crippen molar-refractivity contribution in [3.8, 4) is 0 Å². The van der Waals surface area contributed by atoms with Gasteiger partial charge in [-0.1, -0.05) is 0 Å². The summed E-state index contributed by atoms with van der Waals surface area (Å²) in [6, 6.07) is 0. The Morgan fingerprint density at radius 2 is 1.78 bits per heavy atom. The Morgan fingerprint density at radius 3 is 1.78 bits per heavy atom. The standard InChI is InChI=1S/C5H12N2O.Pt/c6-3-5(4-7)1-2-8-5;/h1-4,6-7H2;. The molecule has 0 aromatic carbocycles. The molecule has 0 aromatic heterocycles. The van der Waals surface area contributed by atoms with Crippen molar-refractivity contribution in [2.45, 2.75) is 12.0 Å². The molecule has 0 unspecified atom stereocenters. The third kappa shape index (κ3) is 1.74. The Kier molecular flexibility index (Phi) is 3.90. The molecule has 0 aromatic rings. The van der Waals surface area contributed by atoms with Crippen molar-refractivity contribution >= 4 is 0 Å². The van der Waals surface area contributed by atoms with Crippen molar-refractivity contribution in [1.29, 1.82) is 0 Å². The summed E-state index contributed by atoms with van der Waals surface area (Å²) in [5.41, 5.74) is 10.6. The third-order valence-electron chi connectivity index (χ3n) is 1.71. The Morgan fingerprint density at radius 1 is 1.33 bits per heavy atom. The second kappa shape index (κ2) is 3.67. The fourth-order valence-electron chi connectivity index (χ4n) is 0.796. The summed E-state index contributed by atoms with van der Waals surface area (Å²) in [6.07, 6.45) is 1.03. The van der Waals surface area contributed by atoms with Crippen molar-refractivity contribution in [3.05, 3.63) is 0 Å². The van der Waals surface area contributed by atoms with E-state index in [2.05, 4.69) is 0 Å². The van der Waals surface area contributed by atoms with Crippen LogP contribution in [0, 0.1) is 0 Å². The van der Waals surface area contributed by atoms with Crippen molar-refractivity contribution in [3.63, 3.8) is 0 Å². The Labute approximate surface area is 69.4 Å². The van der Waals surface area contributed by atoms with Gasteiger partial charge in [-0.15, -0.1) is 0 Å². The number of hydrogen-bond donors (Lipinski definition) is 2. The van der Waals surface area contributed by atoms with Gasteiger partial charge in [0.1, 0.15) is 0 Å². The van der Waals surface area contributed by atoms with Crippen LogP contribution in [0.2, 0.25) is 0 Å². The first-order valence-corrected chi connectivity index (χ1v) is 2.87. The second-order valence-corrected chi connectivity index (χ2v) is 2.19. The molecule has 1 aliphatic heterocycles. The molecule has 58 valence electrons. The van der Waals surface area contributed by atoms with E-state index in [0.717, 1.165) is 13.0 Å². The maximum atomic E-state index is 5.37. The van der Waals surface area contributed by atoms with Crippen LogP contribution in [0.25, 0.3) is 0 Å². The quantitative estimate of drug-likeness (QED) is 0.692. The van der Waals surface area contributed by atoms with Crippen LogP contribution in [0.4, 0.5) is 0 Å². The minimum atomic E-state index is -0.139. The second-order valence-electron chi connectivity index (χ2n) is 2.19. The van der Waals surface area contributed by atoms with Crippen LogP contribution in [0.1, 0.15) is 6.42 Å². The first-order valence-electron chi connectivity index (χ1n) is 2.87. The zero-order valence-electron chi connectivity index (χ0n) is 5.21. The maximum absolute atomic E-state index is 5.37. The molecule has 1 aliphatic rings. The first kappa shape index (κ1) is 9.57. The molecule has 1 rings (SSSR count). The van der Waals surface area contributed by atoms with Gasteiger partial charge in [0.25, 0.3) is 0 Å². The van der Waals surface area contributed by atoms with E-state index in [1.807, 2.05) is 0 Å². The van der Waals surface area contributed by atoms with Gasteiger partial charge in [-0.05, 0) is 0 Å². The van der Waals surface area contributed by atoms with Gasteiger partial charge in [0.15, 0.2) is 0 Å². The molecule has 0 atom stereocenters. The summed E-state index contributed by atoms with van der Waals surface area (Å²) in [7, 11) is 0. The smallest absolute Gasteiger partial charge is 0.0947 e. The molecule has 0 bridgehead atoms. The summed E-state index contributed by atoms with van der Waals surface area (Å²) in [5.74, 6) is 0. The molecule has 0 amide bonds. The molecule has 1 fully saturated rings. The van der Waals surface area contributed by atoms with Gasteiger partial charge in [-0.2, -0.15) is 0 Å². The summed E-state index contributed by atoms with van der Waals surface area (Å²) >= 11 is 0. The molecule has 1 saturated heterocycles. The number of rotatable bonds is 2. The molecule has 3 nitrogen and oxygen atoms in total. The summed E-state index contributed by atoms with van der Waals surface area (Å²) in [4.78, 5) is 0. The molecule has 4 heteroatoms. The average Bonchev–Trinajstić information content (AvgIpc) is 1.67. The van der Waals surface area contributed by atoms with Crippen LogP contribution in [0.5, 0.6) is 0 Å². The van der Waals surface area contributed by atoms with Crippen LogP contribution >= 0.6 is 0 Å².